The minimum atomic E-state index is 0.0836. The molecule has 3 aromatic rings. The normalized spacial score (nSPS) is 18.5. The topological polar surface area (TPSA) is 87.1 Å². The van der Waals surface area contributed by atoms with Gasteiger partial charge >= 0.3 is 0 Å². The maximum Gasteiger partial charge on any atom is 0.228 e. The Morgan fingerprint density at radius 3 is 2.52 bits per heavy atom. The Balaban J connectivity index is 1.52. The number of hydrogen-bond acceptors (Lipinski definition) is 7. The smallest absolute Gasteiger partial charge is 0.228 e. The van der Waals surface area contributed by atoms with Gasteiger partial charge in [0.1, 0.15) is 11.5 Å². The van der Waals surface area contributed by atoms with Crippen LogP contribution in [-0.2, 0) is 11.3 Å². The van der Waals surface area contributed by atoms with E-state index < -0.39 is 0 Å². The van der Waals surface area contributed by atoms with Gasteiger partial charge in [0.25, 0.3) is 0 Å². The molecule has 1 saturated carbocycles. The van der Waals surface area contributed by atoms with Crippen molar-refractivity contribution in [3.05, 3.63) is 42.6 Å². The molecule has 2 fully saturated rings. The molecule has 1 aliphatic heterocycles. The van der Waals surface area contributed by atoms with Crippen molar-refractivity contribution in [2.24, 2.45) is 5.92 Å². The van der Waals surface area contributed by atoms with E-state index in [0.717, 1.165) is 86.1 Å². The van der Waals surface area contributed by atoms with Crippen LogP contribution in [0, 0.1) is 5.92 Å². The standard InChI is InChI=1S/C25H31N7O/c1-31-9-11-32(12-10-31)17-21-20-13-22(23-16-26-7-8-27-23)28-14-19(20)15-29-24(21)30-25(33)18-5-3-2-4-6-18/h7-8,13-16,18H,2-6,9-12,17H2,1H3,(H,29,30,33). The van der Waals surface area contributed by atoms with Crippen molar-refractivity contribution >= 4 is 22.5 Å². The number of pyridine rings is 2. The monoisotopic (exact) mass is 445 g/mol. The van der Waals surface area contributed by atoms with Crippen molar-refractivity contribution in [2.45, 2.75) is 38.6 Å². The minimum Gasteiger partial charge on any atom is -0.310 e. The predicted octanol–water partition coefficient (Wildman–Crippen LogP) is 3.35. The summed E-state index contributed by atoms with van der Waals surface area (Å²) in [6.07, 6.45) is 14.1. The highest BCUT2D eigenvalue weighted by Crippen LogP contribution is 2.30. The first-order valence-electron chi connectivity index (χ1n) is 11.9. The van der Waals surface area contributed by atoms with E-state index >= 15 is 0 Å². The summed E-state index contributed by atoms with van der Waals surface area (Å²) in [5.74, 6) is 0.859. The fourth-order valence-corrected chi connectivity index (χ4v) is 4.82. The molecule has 0 radical (unpaired) electrons. The summed E-state index contributed by atoms with van der Waals surface area (Å²) in [5, 5.41) is 5.21. The van der Waals surface area contributed by atoms with Gasteiger partial charge < -0.3 is 10.2 Å². The number of piperazine rings is 1. The summed E-state index contributed by atoms with van der Waals surface area (Å²) in [4.78, 5) is 35.7. The number of hydrogen-bond donors (Lipinski definition) is 1. The van der Waals surface area contributed by atoms with Crippen molar-refractivity contribution in [1.82, 2.24) is 29.7 Å². The molecule has 5 rings (SSSR count). The van der Waals surface area contributed by atoms with E-state index in [1.807, 2.05) is 12.4 Å². The van der Waals surface area contributed by atoms with E-state index in [-0.39, 0.29) is 11.8 Å². The summed E-state index contributed by atoms with van der Waals surface area (Å²) < 4.78 is 0. The number of aromatic nitrogens is 4. The molecule has 1 amide bonds. The second kappa shape index (κ2) is 9.89. The highest BCUT2D eigenvalue weighted by atomic mass is 16.1. The molecule has 2 aliphatic rings. The van der Waals surface area contributed by atoms with Crippen molar-refractivity contribution < 1.29 is 4.79 Å². The van der Waals surface area contributed by atoms with Crippen molar-refractivity contribution in [3.63, 3.8) is 0 Å². The lowest BCUT2D eigenvalue weighted by atomic mass is 9.88. The molecule has 1 aliphatic carbocycles. The number of rotatable bonds is 5. The van der Waals surface area contributed by atoms with Crippen molar-refractivity contribution in [2.75, 3.05) is 38.5 Å². The SMILES string of the molecule is CN1CCN(Cc2c(NC(=O)C3CCCCC3)ncc3cnc(-c4cnccn4)cc23)CC1. The quantitative estimate of drug-likeness (QED) is 0.644. The Hall–Kier alpha value is -2.97. The van der Waals surface area contributed by atoms with Crippen LogP contribution in [0.5, 0.6) is 0 Å². The second-order valence-electron chi connectivity index (χ2n) is 9.24. The zero-order valence-corrected chi connectivity index (χ0v) is 19.2. The fourth-order valence-electron chi connectivity index (χ4n) is 4.82. The van der Waals surface area contributed by atoms with Crippen molar-refractivity contribution in [3.8, 4) is 11.4 Å². The molecule has 0 atom stereocenters. The van der Waals surface area contributed by atoms with Gasteiger partial charge in [-0.1, -0.05) is 19.3 Å². The highest BCUT2D eigenvalue weighted by Gasteiger charge is 2.24. The zero-order chi connectivity index (χ0) is 22.6. The summed E-state index contributed by atoms with van der Waals surface area (Å²) in [7, 11) is 2.16. The zero-order valence-electron chi connectivity index (χ0n) is 19.2. The number of likely N-dealkylation sites (N-methyl/N-ethyl adjacent to an activating group) is 1. The van der Waals surface area contributed by atoms with Crippen LogP contribution in [0.3, 0.4) is 0 Å². The van der Waals surface area contributed by atoms with E-state index in [0.29, 0.717) is 5.82 Å². The molecule has 0 unspecified atom stereocenters. The van der Waals surface area contributed by atoms with Gasteiger partial charge in [0.05, 0.1) is 11.9 Å². The van der Waals surface area contributed by atoms with Crippen LogP contribution in [-0.4, -0.2) is 68.9 Å². The summed E-state index contributed by atoms with van der Waals surface area (Å²) in [6.45, 7) is 4.79. The number of anilines is 1. The molecule has 8 nitrogen and oxygen atoms in total. The van der Waals surface area contributed by atoms with Gasteiger partial charge in [0.15, 0.2) is 0 Å². The molecule has 1 saturated heterocycles. The average Bonchev–Trinajstić information content (AvgIpc) is 2.87. The van der Waals surface area contributed by atoms with Crippen LogP contribution in [0.4, 0.5) is 5.82 Å². The number of nitrogens with zero attached hydrogens (tertiary/aromatic N) is 6. The van der Waals surface area contributed by atoms with E-state index in [9.17, 15) is 4.79 Å². The molecular formula is C25H31N7O. The third-order valence-corrected chi connectivity index (χ3v) is 6.90. The molecule has 1 N–H and O–H groups in total. The van der Waals surface area contributed by atoms with Gasteiger partial charge in [-0.05, 0) is 31.3 Å². The molecule has 0 spiro atoms. The fraction of sp³-hybridized carbons (Fsp3) is 0.480. The number of fused-ring (bicyclic) bond motifs is 1. The van der Waals surface area contributed by atoms with Gasteiger partial charge in [-0.3, -0.25) is 24.6 Å². The average molecular weight is 446 g/mol. The van der Waals surface area contributed by atoms with E-state index in [1.54, 1.807) is 18.6 Å². The molecular weight excluding hydrogens is 414 g/mol. The molecule has 172 valence electrons. The molecule has 33 heavy (non-hydrogen) atoms. The Morgan fingerprint density at radius 2 is 1.76 bits per heavy atom. The lowest BCUT2D eigenvalue weighted by molar-refractivity contribution is -0.120. The van der Waals surface area contributed by atoms with Crippen LogP contribution in [0.1, 0.15) is 37.7 Å². The molecule has 0 bridgehead atoms. The lowest BCUT2D eigenvalue weighted by Gasteiger charge is -2.33. The largest absolute Gasteiger partial charge is 0.310 e. The van der Waals surface area contributed by atoms with E-state index in [1.165, 1.54) is 6.42 Å². The van der Waals surface area contributed by atoms with Gasteiger partial charge in [0, 0.05) is 74.4 Å². The van der Waals surface area contributed by atoms with Gasteiger partial charge in [0.2, 0.25) is 5.91 Å². The van der Waals surface area contributed by atoms with Crippen molar-refractivity contribution in [1.29, 1.82) is 0 Å². The summed E-state index contributed by atoms with van der Waals surface area (Å²) >= 11 is 0. The van der Waals surface area contributed by atoms with E-state index in [2.05, 4.69) is 48.2 Å². The minimum absolute atomic E-state index is 0.0836. The van der Waals surface area contributed by atoms with Gasteiger partial charge in [-0.25, -0.2) is 4.98 Å². The molecule has 3 aromatic heterocycles. The molecule has 4 heterocycles. The third kappa shape index (κ3) is 5.02. The molecule has 8 heteroatoms. The maximum absolute atomic E-state index is 13.1. The van der Waals surface area contributed by atoms with Gasteiger partial charge in [-0.15, -0.1) is 0 Å². The molecule has 0 aromatic carbocycles. The Labute approximate surface area is 194 Å². The first-order chi connectivity index (χ1) is 16.2. The number of nitrogens with one attached hydrogen (secondary N) is 1. The highest BCUT2D eigenvalue weighted by molar-refractivity contribution is 5.97. The van der Waals surface area contributed by atoms with E-state index in [4.69, 9.17) is 0 Å². The maximum atomic E-state index is 13.1. The Morgan fingerprint density at radius 1 is 0.970 bits per heavy atom. The number of amides is 1. The van der Waals surface area contributed by atoms with Crippen LogP contribution in [0.2, 0.25) is 0 Å². The Kier molecular flexibility index (Phi) is 6.55. The third-order valence-electron chi connectivity index (χ3n) is 6.90. The van der Waals surface area contributed by atoms with Crippen LogP contribution >= 0.6 is 0 Å². The van der Waals surface area contributed by atoms with Crippen LogP contribution < -0.4 is 5.32 Å². The second-order valence-corrected chi connectivity index (χ2v) is 9.24. The number of carbonyl (C=O) groups is 1. The summed E-state index contributed by atoms with van der Waals surface area (Å²) in [5.41, 5.74) is 2.55. The summed E-state index contributed by atoms with van der Waals surface area (Å²) in [6, 6.07) is 2.06. The number of carbonyl (C=O) groups excluding carboxylic acids is 1. The lowest BCUT2D eigenvalue weighted by Crippen LogP contribution is -2.44. The first kappa shape index (κ1) is 21.9. The Bertz CT molecular complexity index is 1110. The van der Waals surface area contributed by atoms with Crippen LogP contribution in [0.25, 0.3) is 22.2 Å². The van der Waals surface area contributed by atoms with Gasteiger partial charge in [-0.2, -0.15) is 0 Å². The first-order valence-corrected chi connectivity index (χ1v) is 11.9. The van der Waals surface area contributed by atoms with Crippen LogP contribution in [0.15, 0.2) is 37.1 Å². The predicted molar refractivity (Wildman–Crippen MR) is 129 cm³/mol.